The summed E-state index contributed by atoms with van der Waals surface area (Å²) in [6, 6.07) is 6.35. The zero-order valence-electron chi connectivity index (χ0n) is 19.2. The van der Waals surface area contributed by atoms with Crippen molar-refractivity contribution in [2.75, 3.05) is 0 Å². The highest BCUT2D eigenvalue weighted by atomic mass is 16.3. The molecule has 0 aliphatic carbocycles. The van der Waals surface area contributed by atoms with E-state index in [1.54, 1.807) is 0 Å². The van der Waals surface area contributed by atoms with Crippen molar-refractivity contribution in [3.63, 3.8) is 0 Å². The van der Waals surface area contributed by atoms with Crippen molar-refractivity contribution in [3.05, 3.63) is 29.3 Å². The quantitative estimate of drug-likeness (QED) is 0.364. The normalized spacial score (nSPS) is 12.5. The van der Waals surface area contributed by atoms with Crippen LogP contribution in [-0.4, -0.2) is 5.11 Å². The average Bonchev–Trinajstić information content (AvgIpc) is 2.54. The third-order valence-electron chi connectivity index (χ3n) is 5.45. The Morgan fingerprint density at radius 2 is 0.963 bits per heavy atom. The van der Waals surface area contributed by atoms with Gasteiger partial charge in [-0.2, -0.15) is 0 Å². The van der Waals surface area contributed by atoms with Gasteiger partial charge in [-0.05, 0) is 60.5 Å². The third-order valence-corrected chi connectivity index (χ3v) is 5.45. The number of hydrogen-bond acceptors (Lipinski definition) is 1. The Morgan fingerprint density at radius 3 is 1.33 bits per heavy atom. The molecule has 1 heteroatoms. The summed E-state index contributed by atoms with van der Waals surface area (Å²) in [4.78, 5) is 0. The molecule has 0 atom stereocenters. The number of aromatic hydroxyl groups is 1. The van der Waals surface area contributed by atoms with Gasteiger partial charge in [0.2, 0.25) is 0 Å². The highest BCUT2D eigenvalue weighted by Gasteiger charge is 2.11. The van der Waals surface area contributed by atoms with Crippen LogP contribution >= 0.6 is 0 Å². The maximum atomic E-state index is 10.6. The predicted molar refractivity (Wildman–Crippen MR) is 121 cm³/mol. The van der Waals surface area contributed by atoms with Crippen LogP contribution in [-0.2, 0) is 12.8 Å². The predicted octanol–water partition coefficient (Wildman–Crippen LogP) is 8.47. The maximum absolute atomic E-state index is 10.6. The smallest absolute Gasteiger partial charge is 0.121 e. The van der Waals surface area contributed by atoms with Crippen molar-refractivity contribution in [1.29, 1.82) is 0 Å². The fourth-order valence-electron chi connectivity index (χ4n) is 3.70. The summed E-state index contributed by atoms with van der Waals surface area (Å²) in [6.07, 6.45) is 14.8. The molecule has 0 unspecified atom stereocenters. The second-order valence-electron chi connectivity index (χ2n) is 10.9. The van der Waals surface area contributed by atoms with Crippen LogP contribution in [0.1, 0.15) is 117 Å². The first-order valence-corrected chi connectivity index (χ1v) is 11.4. The van der Waals surface area contributed by atoms with E-state index in [4.69, 9.17) is 0 Å². The SMILES string of the molecule is CC(C)(C)CCCCCCc1cccc(CCCCCCC(C)(C)C)c1O. The topological polar surface area (TPSA) is 20.2 Å². The molecular formula is C26H46O. The van der Waals surface area contributed by atoms with Gasteiger partial charge in [0.25, 0.3) is 0 Å². The summed E-state index contributed by atoms with van der Waals surface area (Å²) in [5, 5.41) is 10.6. The molecule has 1 N–H and O–H groups in total. The van der Waals surface area contributed by atoms with Gasteiger partial charge in [-0.25, -0.2) is 0 Å². The fraction of sp³-hybridized carbons (Fsp3) is 0.769. The molecule has 156 valence electrons. The molecule has 0 bridgehead atoms. The highest BCUT2D eigenvalue weighted by Crippen LogP contribution is 2.27. The molecule has 0 spiro atoms. The molecule has 27 heavy (non-hydrogen) atoms. The van der Waals surface area contributed by atoms with Crippen molar-refractivity contribution >= 4 is 0 Å². The molecule has 0 fully saturated rings. The van der Waals surface area contributed by atoms with Gasteiger partial charge < -0.3 is 5.11 Å². The lowest BCUT2D eigenvalue weighted by Crippen LogP contribution is -2.04. The first-order chi connectivity index (χ1) is 12.6. The molecule has 0 aliphatic heterocycles. The van der Waals surface area contributed by atoms with E-state index in [1.165, 1.54) is 64.2 Å². The minimum Gasteiger partial charge on any atom is -0.507 e. The molecule has 0 aromatic heterocycles. The van der Waals surface area contributed by atoms with Gasteiger partial charge in [0.05, 0.1) is 0 Å². The monoisotopic (exact) mass is 374 g/mol. The number of rotatable bonds is 12. The number of hydrogen-bond donors (Lipinski definition) is 1. The molecule has 1 nitrogen and oxygen atoms in total. The Bertz CT molecular complexity index is 472. The van der Waals surface area contributed by atoms with Crippen LogP contribution in [0.3, 0.4) is 0 Å². The molecule has 0 aliphatic rings. The summed E-state index contributed by atoms with van der Waals surface area (Å²) < 4.78 is 0. The number of unbranched alkanes of at least 4 members (excludes halogenated alkanes) is 6. The molecule has 0 saturated carbocycles. The van der Waals surface area contributed by atoms with E-state index in [1.807, 2.05) is 0 Å². The fourth-order valence-corrected chi connectivity index (χ4v) is 3.70. The molecule has 0 heterocycles. The number of para-hydroxylation sites is 1. The zero-order valence-corrected chi connectivity index (χ0v) is 19.2. The van der Waals surface area contributed by atoms with Crippen LogP contribution in [0.2, 0.25) is 0 Å². The number of phenolic OH excluding ortho intramolecular Hbond substituents is 1. The number of phenols is 1. The Morgan fingerprint density at radius 1 is 0.593 bits per heavy atom. The Hall–Kier alpha value is -0.980. The van der Waals surface area contributed by atoms with E-state index in [2.05, 4.69) is 59.7 Å². The minimum absolute atomic E-state index is 0.458. The summed E-state index contributed by atoms with van der Waals surface area (Å²) >= 11 is 0. The van der Waals surface area contributed by atoms with Gasteiger partial charge in [-0.15, -0.1) is 0 Å². The maximum Gasteiger partial charge on any atom is 0.121 e. The van der Waals surface area contributed by atoms with E-state index < -0.39 is 0 Å². The number of aryl methyl sites for hydroxylation is 2. The van der Waals surface area contributed by atoms with Crippen LogP contribution in [0.5, 0.6) is 5.75 Å². The van der Waals surface area contributed by atoms with Crippen molar-refractivity contribution in [2.45, 2.75) is 119 Å². The average molecular weight is 375 g/mol. The van der Waals surface area contributed by atoms with Crippen molar-refractivity contribution in [3.8, 4) is 5.75 Å². The van der Waals surface area contributed by atoms with Crippen LogP contribution in [0, 0.1) is 10.8 Å². The largest absolute Gasteiger partial charge is 0.507 e. The molecule has 0 radical (unpaired) electrons. The molecule has 0 saturated heterocycles. The highest BCUT2D eigenvalue weighted by molar-refractivity contribution is 5.40. The van der Waals surface area contributed by atoms with E-state index in [0.717, 1.165) is 24.0 Å². The lowest BCUT2D eigenvalue weighted by atomic mass is 9.89. The van der Waals surface area contributed by atoms with E-state index in [0.29, 0.717) is 16.6 Å². The van der Waals surface area contributed by atoms with Crippen LogP contribution < -0.4 is 0 Å². The van der Waals surface area contributed by atoms with Crippen LogP contribution in [0.15, 0.2) is 18.2 Å². The Kier molecular flexibility index (Phi) is 10.5. The number of benzene rings is 1. The second kappa shape index (κ2) is 11.8. The van der Waals surface area contributed by atoms with Crippen molar-refractivity contribution in [2.24, 2.45) is 10.8 Å². The standard InChI is InChI=1S/C26H46O/c1-25(2,3)20-13-9-7-11-16-22-18-15-19-23(24(22)27)17-12-8-10-14-21-26(4,5)6/h15,18-19,27H,7-14,16-17,20-21H2,1-6H3. The van der Waals surface area contributed by atoms with Gasteiger partial charge in [0.15, 0.2) is 0 Å². The molecule has 1 aromatic rings. The molecule has 1 rings (SSSR count). The zero-order chi connectivity index (χ0) is 20.3. The first-order valence-electron chi connectivity index (χ1n) is 11.4. The van der Waals surface area contributed by atoms with Gasteiger partial charge in [0, 0.05) is 0 Å². The van der Waals surface area contributed by atoms with Crippen LogP contribution in [0.25, 0.3) is 0 Å². The van der Waals surface area contributed by atoms with Gasteiger partial charge in [-0.1, -0.05) is 98.3 Å². The lowest BCUT2D eigenvalue weighted by Gasteiger charge is -2.17. The van der Waals surface area contributed by atoms with E-state index in [9.17, 15) is 5.11 Å². The minimum atomic E-state index is 0.458. The molecule has 0 amide bonds. The summed E-state index contributed by atoms with van der Waals surface area (Å²) in [7, 11) is 0. The van der Waals surface area contributed by atoms with E-state index >= 15 is 0 Å². The first kappa shape index (κ1) is 24.1. The van der Waals surface area contributed by atoms with Crippen LogP contribution in [0.4, 0.5) is 0 Å². The van der Waals surface area contributed by atoms with Gasteiger partial charge >= 0.3 is 0 Å². The van der Waals surface area contributed by atoms with Gasteiger partial charge in [-0.3, -0.25) is 0 Å². The lowest BCUT2D eigenvalue weighted by molar-refractivity contribution is 0.357. The summed E-state index contributed by atoms with van der Waals surface area (Å²) in [5.74, 6) is 0.571. The second-order valence-corrected chi connectivity index (χ2v) is 10.9. The third kappa shape index (κ3) is 12.2. The van der Waals surface area contributed by atoms with E-state index in [-0.39, 0.29) is 0 Å². The van der Waals surface area contributed by atoms with Gasteiger partial charge in [0.1, 0.15) is 5.75 Å². The molecule has 1 aromatic carbocycles. The summed E-state index contributed by atoms with van der Waals surface area (Å²) in [6.45, 7) is 13.9. The van der Waals surface area contributed by atoms with Crippen molar-refractivity contribution in [1.82, 2.24) is 0 Å². The molecular weight excluding hydrogens is 328 g/mol. The summed E-state index contributed by atoms with van der Waals surface area (Å²) in [5.41, 5.74) is 3.21. The Labute approximate surface area is 170 Å². The van der Waals surface area contributed by atoms with Crippen molar-refractivity contribution < 1.29 is 5.11 Å². The Balaban J connectivity index is 2.26.